The lowest BCUT2D eigenvalue weighted by Gasteiger charge is -2.20. The van der Waals surface area contributed by atoms with E-state index in [1.54, 1.807) is 0 Å². The van der Waals surface area contributed by atoms with Gasteiger partial charge in [-0.05, 0) is 55.1 Å². The van der Waals surface area contributed by atoms with Crippen molar-refractivity contribution < 1.29 is 19.2 Å². The Labute approximate surface area is 129 Å². The van der Waals surface area contributed by atoms with Gasteiger partial charge in [-0.3, -0.25) is 4.79 Å². The smallest absolute Gasteiger partial charge is 0.280 e. The van der Waals surface area contributed by atoms with E-state index >= 15 is 0 Å². The van der Waals surface area contributed by atoms with E-state index < -0.39 is 0 Å². The first-order chi connectivity index (χ1) is 10.5. The average molecular weight is 304 g/mol. The van der Waals surface area contributed by atoms with Gasteiger partial charge in [0.2, 0.25) is 0 Å². The van der Waals surface area contributed by atoms with Crippen molar-refractivity contribution in [2.24, 2.45) is 10.3 Å². The number of carbonyl (C=O) groups is 1. The molecule has 2 rings (SSSR count). The summed E-state index contributed by atoms with van der Waals surface area (Å²) in [6, 6.07) is 0. The molecule has 0 bridgehead atoms. The van der Waals surface area contributed by atoms with Crippen LogP contribution in [-0.4, -0.2) is 38.2 Å². The quantitative estimate of drug-likeness (QED) is 0.487. The Bertz CT molecular complexity index is 663. The van der Waals surface area contributed by atoms with Crippen molar-refractivity contribution in [2.75, 3.05) is 20.3 Å². The number of oxime groups is 2. The summed E-state index contributed by atoms with van der Waals surface area (Å²) < 4.78 is 5.51. The van der Waals surface area contributed by atoms with Crippen molar-refractivity contribution >= 4 is 17.9 Å². The van der Waals surface area contributed by atoms with E-state index in [1.807, 2.05) is 27.7 Å². The zero-order valence-corrected chi connectivity index (χ0v) is 13.5. The largest absolute Gasteiger partial charge is 0.470 e. The van der Waals surface area contributed by atoms with Gasteiger partial charge >= 0.3 is 0 Å². The number of hydrogen-bond acceptors (Lipinski definition) is 6. The highest BCUT2D eigenvalue weighted by Crippen LogP contribution is 2.27. The molecule has 0 unspecified atom stereocenters. The summed E-state index contributed by atoms with van der Waals surface area (Å²) >= 11 is 0. The van der Waals surface area contributed by atoms with Gasteiger partial charge in [0.05, 0.1) is 0 Å². The first kappa shape index (κ1) is 16.0. The molecule has 1 aliphatic rings. The van der Waals surface area contributed by atoms with Crippen LogP contribution in [0.1, 0.15) is 38.2 Å². The molecule has 0 saturated carbocycles. The molecule has 1 heterocycles. The molecule has 118 valence electrons. The van der Waals surface area contributed by atoms with Gasteiger partial charge in [-0.2, -0.15) is 0 Å². The summed E-state index contributed by atoms with van der Waals surface area (Å²) in [5.41, 5.74) is 5.64. The molecular formula is C16H20N2O4. The van der Waals surface area contributed by atoms with Crippen LogP contribution in [0.3, 0.4) is 0 Å². The summed E-state index contributed by atoms with van der Waals surface area (Å²) in [7, 11) is 1.44. The van der Waals surface area contributed by atoms with Gasteiger partial charge in [0, 0.05) is 11.1 Å². The first-order valence-corrected chi connectivity index (χ1v) is 7.03. The second kappa shape index (κ2) is 6.60. The lowest BCUT2D eigenvalue weighted by molar-refractivity contribution is 0.0672. The molecule has 1 aromatic rings. The van der Waals surface area contributed by atoms with Crippen molar-refractivity contribution in [3.8, 4) is 0 Å². The fourth-order valence-electron chi connectivity index (χ4n) is 2.49. The Morgan fingerprint density at radius 3 is 2.36 bits per heavy atom. The second-order valence-electron chi connectivity index (χ2n) is 5.11. The van der Waals surface area contributed by atoms with Gasteiger partial charge in [-0.1, -0.05) is 5.16 Å². The standard InChI is InChI=1S/C16H20N2O4/c1-9-10(2)12(4)14(13(8-19)11(9)3)15(17-20-5)16-18-22-7-6-21-16/h8H,6-7H2,1-5H3/b17-15+. The Morgan fingerprint density at radius 2 is 1.82 bits per heavy atom. The zero-order valence-electron chi connectivity index (χ0n) is 13.5. The van der Waals surface area contributed by atoms with Crippen LogP contribution in [0.15, 0.2) is 10.3 Å². The zero-order chi connectivity index (χ0) is 16.3. The predicted octanol–water partition coefficient (Wildman–Crippen LogP) is 2.44. The van der Waals surface area contributed by atoms with Crippen molar-refractivity contribution in [3.63, 3.8) is 0 Å². The van der Waals surface area contributed by atoms with Crippen LogP contribution in [-0.2, 0) is 14.4 Å². The third kappa shape index (κ3) is 2.68. The molecule has 0 aliphatic carbocycles. The molecule has 0 radical (unpaired) electrons. The molecule has 0 spiro atoms. The third-order valence-corrected chi connectivity index (χ3v) is 4.04. The molecule has 0 aromatic heterocycles. The van der Waals surface area contributed by atoms with Crippen LogP contribution in [0.25, 0.3) is 0 Å². The van der Waals surface area contributed by atoms with Gasteiger partial charge in [-0.25, -0.2) is 0 Å². The number of nitrogens with zero attached hydrogens (tertiary/aromatic N) is 2. The van der Waals surface area contributed by atoms with Crippen LogP contribution < -0.4 is 0 Å². The highest BCUT2D eigenvalue weighted by molar-refractivity contribution is 6.46. The number of ether oxygens (including phenoxy) is 1. The molecule has 22 heavy (non-hydrogen) atoms. The van der Waals surface area contributed by atoms with Gasteiger partial charge < -0.3 is 14.4 Å². The minimum absolute atomic E-state index is 0.224. The molecule has 1 aromatic carbocycles. The van der Waals surface area contributed by atoms with Gasteiger partial charge in [0.25, 0.3) is 5.90 Å². The molecule has 0 fully saturated rings. The van der Waals surface area contributed by atoms with Crippen LogP contribution in [0.4, 0.5) is 0 Å². The van der Waals surface area contributed by atoms with E-state index in [9.17, 15) is 4.79 Å². The third-order valence-electron chi connectivity index (χ3n) is 4.04. The van der Waals surface area contributed by atoms with Gasteiger partial charge in [0.1, 0.15) is 13.7 Å². The summed E-state index contributed by atoms with van der Waals surface area (Å²) in [5, 5.41) is 7.91. The minimum atomic E-state index is 0.224. The maximum atomic E-state index is 11.6. The van der Waals surface area contributed by atoms with Gasteiger partial charge in [0.15, 0.2) is 18.6 Å². The number of rotatable bonds is 4. The van der Waals surface area contributed by atoms with Crippen molar-refractivity contribution in [2.45, 2.75) is 27.7 Å². The number of carbonyl (C=O) groups excluding carboxylic acids is 1. The fraction of sp³-hybridized carbons (Fsp3) is 0.438. The van der Waals surface area contributed by atoms with E-state index in [1.165, 1.54) is 7.11 Å². The Kier molecular flexibility index (Phi) is 4.80. The lowest BCUT2D eigenvalue weighted by atomic mass is 9.87. The maximum Gasteiger partial charge on any atom is 0.280 e. The van der Waals surface area contributed by atoms with Crippen molar-refractivity contribution in [1.29, 1.82) is 0 Å². The van der Waals surface area contributed by atoms with Crippen LogP contribution in [0.5, 0.6) is 0 Å². The van der Waals surface area contributed by atoms with E-state index in [0.29, 0.717) is 30.1 Å². The maximum absolute atomic E-state index is 11.6. The van der Waals surface area contributed by atoms with Crippen LogP contribution in [0, 0.1) is 27.7 Å². The Hall–Kier alpha value is -2.37. The normalized spacial score (nSPS) is 14.8. The topological polar surface area (TPSA) is 69.5 Å². The Balaban J connectivity index is 2.74. The van der Waals surface area contributed by atoms with Crippen molar-refractivity contribution in [3.05, 3.63) is 33.4 Å². The van der Waals surface area contributed by atoms with E-state index in [2.05, 4.69) is 10.3 Å². The molecule has 0 N–H and O–H groups in total. The predicted molar refractivity (Wildman–Crippen MR) is 83.7 cm³/mol. The number of hydrogen-bond donors (Lipinski definition) is 0. The number of aldehydes is 1. The lowest BCUT2D eigenvalue weighted by Crippen LogP contribution is -2.27. The highest BCUT2D eigenvalue weighted by atomic mass is 16.7. The summed E-state index contributed by atoms with van der Waals surface area (Å²) in [5.74, 6) is 0.224. The SMILES string of the molecule is CO/N=C(/C1=NOCCO1)c1c(C)c(C)c(C)c(C)c1C=O. The molecular weight excluding hydrogens is 284 g/mol. The molecule has 1 aliphatic heterocycles. The highest BCUT2D eigenvalue weighted by Gasteiger charge is 2.26. The second-order valence-corrected chi connectivity index (χ2v) is 5.11. The van der Waals surface area contributed by atoms with E-state index in [4.69, 9.17) is 14.4 Å². The summed E-state index contributed by atoms with van der Waals surface area (Å²) in [6.45, 7) is 8.63. The monoisotopic (exact) mass is 304 g/mol. The molecule has 6 heteroatoms. The van der Waals surface area contributed by atoms with Crippen LogP contribution >= 0.6 is 0 Å². The minimum Gasteiger partial charge on any atom is -0.470 e. The van der Waals surface area contributed by atoms with Gasteiger partial charge in [-0.15, -0.1) is 0 Å². The molecule has 0 atom stereocenters. The van der Waals surface area contributed by atoms with Crippen LogP contribution in [0.2, 0.25) is 0 Å². The molecule has 6 nitrogen and oxygen atoms in total. The fourth-order valence-corrected chi connectivity index (χ4v) is 2.49. The average Bonchev–Trinajstić information content (AvgIpc) is 2.55. The first-order valence-electron chi connectivity index (χ1n) is 7.03. The summed E-state index contributed by atoms with van der Waals surface area (Å²) in [6.07, 6.45) is 0.833. The molecule has 0 saturated heterocycles. The van der Waals surface area contributed by atoms with Crippen molar-refractivity contribution in [1.82, 2.24) is 0 Å². The Morgan fingerprint density at radius 1 is 1.14 bits per heavy atom. The van der Waals surface area contributed by atoms with E-state index in [-0.39, 0.29) is 5.90 Å². The number of benzene rings is 1. The van der Waals surface area contributed by atoms with E-state index in [0.717, 1.165) is 28.5 Å². The molecule has 0 amide bonds. The summed E-state index contributed by atoms with van der Waals surface area (Å²) in [4.78, 5) is 21.6.